The molecule has 0 bridgehead atoms. The third-order valence-electron chi connectivity index (χ3n) is 12.9. The van der Waals surface area contributed by atoms with Gasteiger partial charge in [-0.15, -0.1) is 0 Å². The summed E-state index contributed by atoms with van der Waals surface area (Å²) >= 11 is 0. The molecule has 1 unspecified atom stereocenters. The van der Waals surface area contributed by atoms with Crippen molar-refractivity contribution in [3.05, 3.63) is 34.9 Å². The van der Waals surface area contributed by atoms with Crippen LogP contribution in [0.2, 0.25) is 0 Å². The van der Waals surface area contributed by atoms with E-state index in [1.807, 2.05) is 0 Å². The first kappa shape index (κ1) is 27.8. The van der Waals surface area contributed by atoms with Crippen LogP contribution in [0, 0.1) is 33.0 Å². The number of likely N-dealkylation sites (N-methyl/N-ethyl adjacent to an activating group) is 1. The first-order valence-electron chi connectivity index (χ1n) is 14.3. The minimum atomic E-state index is -1.83. The van der Waals surface area contributed by atoms with Gasteiger partial charge in [-0.25, -0.2) is 0 Å². The number of methoxy groups -OCH3 is 2. The Bertz CT molecular complexity index is 1190. The molecule has 0 spiro atoms. The Kier molecular flexibility index (Phi) is 5.95. The average molecular weight is 526 g/mol. The highest BCUT2D eigenvalue weighted by Crippen LogP contribution is 2.75. The second kappa shape index (κ2) is 8.14. The summed E-state index contributed by atoms with van der Waals surface area (Å²) < 4.78 is 11.2. The van der Waals surface area contributed by atoms with Gasteiger partial charge < -0.3 is 14.6 Å². The van der Waals surface area contributed by atoms with Crippen LogP contribution in [0.1, 0.15) is 86.5 Å². The molecular formula is C32H47NO5. The van der Waals surface area contributed by atoms with E-state index in [1.54, 1.807) is 27.2 Å². The fraction of sp³-hybridized carbons (Fsp3) is 0.750. The molecule has 38 heavy (non-hydrogen) atoms. The molecule has 210 valence electrons. The monoisotopic (exact) mass is 525 g/mol. The summed E-state index contributed by atoms with van der Waals surface area (Å²) in [5.41, 5.74) is -0.512. The number of hydrogen-bond donors (Lipinski definition) is 2. The van der Waals surface area contributed by atoms with Crippen molar-refractivity contribution in [2.75, 3.05) is 21.3 Å². The first-order valence-corrected chi connectivity index (χ1v) is 14.3. The Morgan fingerprint density at radius 2 is 1.61 bits per heavy atom. The topological polar surface area (TPSA) is 84.9 Å². The summed E-state index contributed by atoms with van der Waals surface area (Å²) in [5, 5.41) is 14.3. The highest BCUT2D eigenvalue weighted by atomic mass is 16.5. The molecule has 5 rings (SSSR count). The normalized spacial score (nSPS) is 49.9. The minimum Gasteiger partial charge on any atom is -0.469 e. The zero-order valence-corrected chi connectivity index (χ0v) is 24.8. The lowest BCUT2D eigenvalue weighted by Gasteiger charge is -2.70. The summed E-state index contributed by atoms with van der Waals surface area (Å²) in [5.74, 6) is -0.0555. The van der Waals surface area contributed by atoms with Crippen LogP contribution in [0.4, 0.5) is 0 Å². The van der Waals surface area contributed by atoms with Crippen molar-refractivity contribution >= 4 is 11.8 Å². The fourth-order valence-electron chi connectivity index (χ4n) is 9.75. The van der Waals surface area contributed by atoms with Gasteiger partial charge in [-0.3, -0.25) is 14.9 Å². The quantitative estimate of drug-likeness (QED) is 0.386. The molecule has 6 nitrogen and oxygen atoms in total. The maximum Gasteiger partial charge on any atom is 0.311 e. The van der Waals surface area contributed by atoms with E-state index in [0.717, 1.165) is 56.1 Å². The van der Waals surface area contributed by atoms with Crippen LogP contribution in [-0.2, 0) is 19.1 Å². The number of carbonyl (C=O) groups is 2. The van der Waals surface area contributed by atoms with E-state index in [9.17, 15) is 14.7 Å². The van der Waals surface area contributed by atoms with E-state index in [2.05, 4.69) is 52.1 Å². The zero-order chi connectivity index (χ0) is 28.2. The molecule has 3 saturated carbocycles. The van der Waals surface area contributed by atoms with E-state index < -0.39 is 16.7 Å². The van der Waals surface area contributed by atoms with Crippen molar-refractivity contribution in [1.82, 2.24) is 5.32 Å². The number of nitrogens with one attached hydrogen (secondary N) is 1. The number of allylic oxidation sites excluding steroid dienone is 3. The summed E-state index contributed by atoms with van der Waals surface area (Å²) in [6.07, 6.45) is 12.9. The highest BCUT2D eigenvalue weighted by molar-refractivity contribution is 6.02. The molecule has 0 heterocycles. The van der Waals surface area contributed by atoms with E-state index >= 15 is 0 Å². The van der Waals surface area contributed by atoms with Crippen LogP contribution < -0.4 is 5.32 Å². The number of carbonyl (C=O) groups excluding carboxylic acids is 2. The maximum absolute atomic E-state index is 13.5. The van der Waals surface area contributed by atoms with Crippen LogP contribution in [0.15, 0.2) is 34.9 Å². The van der Waals surface area contributed by atoms with Gasteiger partial charge in [0.25, 0.3) is 0 Å². The van der Waals surface area contributed by atoms with Gasteiger partial charge in [0.15, 0.2) is 0 Å². The largest absolute Gasteiger partial charge is 0.469 e. The summed E-state index contributed by atoms with van der Waals surface area (Å²) in [4.78, 5) is 26.4. The Labute approximate surface area is 228 Å². The van der Waals surface area contributed by atoms with E-state index in [4.69, 9.17) is 9.47 Å². The van der Waals surface area contributed by atoms with Gasteiger partial charge >= 0.3 is 5.97 Å². The van der Waals surface area contributed by atoms with Crippen LogP contribution in [0.25, 0.3) is 0 Å². The van der Waals surface area contributed by atoms with Crippen LogP contribution in [0.5, 0.6) is 0 Å². The molecule has 5 aliphatic carbocycles. The Balaban J connectivity index is 1.65. The smallest absolute Gasteiger partial charge is 0.311 e. The molecule has 3 fully saturated rings. The summed E-state index contributed by atoms with van der Waals surface area (Å²) in [6, 6.07) is 0. The van der Waals surface area contributed by atoms with Gasteiger partial charge in [0.2, 0.25) is 11.5 Å². The van der Waals surface area contributed by atoms with E-state index in [1.165, 1.54) is 12.7 Å². The number of ketones is 1. The SMILES string of the molecule is CNC1(O)C(=O)C=C2C(=CC=C3[C@@]2(C)CC[C@@]2(C)[C@@H]4C[C@](C)(C(=O)OC)CC[C@]4(C)CC[C@]32C)[C@]1(C)OC. The third kappa shape index (κ3) is 3.06. The molecule has 8 atom stereocenters. The molecule has 2 N–H and O–H groups in total. The van der Waals surface area contributed by atoms with Crippen LogP contribution in [0.3, 0.4) is 0 Å². The molecule has 6 heteroatoms. The van der Waals surface area contributed by atoms with Crippen molar-refractivity contribution in [2.45, 2.75) is 97.8 Å². The molecule has 0 radical (unpaired) electrons. The molecule has 5 aliphatic rings. The van der Waals surface area contributed by atoms with Crippen molar-refractivity contribution in [3.8, 4) is 0 Å². The lowest BCUT2D eigenvalue weighted by Crippen LogP contribution is -2.69. The summed E-state index contributed by atoms with van der Waals surface area (Å²) in [6.45, 7) is 13.5. The number of ether oxygens (including phenoxy) is 2. The molecule has 0 aromatic heterocycles. The Morgan fingerprint density at radius 3 is 2.21 bits per heavy atom. The predicted molar refractivity (Wildman–Crippen MR) is 147 cm³/mol. The number of aliphatic hydroxyl groups is 1. The standard InChI is InChI=1S/C32H47NO5/c1-26-12-13-27(2,25(35)37-8)19-23(26)30(5)17-15-28(3)21-18-24(34)32(36,33-7)31(6,38-9)20(21)10-11-22(28)29(30,4)16-14-26/h10-11,18,23,33,36H,12-17,19H2,1-9H3/t23-,26-,27-,28+,29-,30+,31+,32?/m1/s1. The minimum absolute atomic E-state index is 0.00188. The van der Waals surface area contributed by atoms with Gasteiger partial charge in [-0.05, 0) is 105 Å². The molecule has 0 saturated heterocycles. The average Bonchev–Trinajstić information content (AvgIpc) is 2.89. The lowest BCUT2D eigenvalue weighted by atomic mass is 9.34. The summed E-state index contributed by atoms with van der Waals surface area (Å²) in [7, 11) is 4.67. The zero-order valence-electron chi connectivity index (χ0n) is 24.8. The van der Waals surface area contributed by atoms with E-state index in [-0.39, 0.29) is 33.4 Å². The van der Waals surface area contributed by atoms with Crippen LogP contribution in [-0.4, -0.2) is 49.5 Å². The molecule has 0 aromatic carbocycles. The van der Waals surface area contributed by atoms with Gasteiger partial charge in [0, 0.05) is 12.5 Å². The van der Waals surface area contributed by atoms with Gasteiger partial charge in [0.05, 0.1) is 12.5 Å². The Hall–Kier alpha value is -1.76. The van der Waals surface area contributed by atoms with Crippen molar-refractivity contribution < 1.29 is 24.2 Å². The number of rotatable bonds is 3. The number of esters is 1. The predicted octanol–water partition coefficient (Wildman–Crippen LogP) is 5.27. The van der Waals surface area contributed by atoms with Gasteiger partial charge in [-0.1, -0.05) is 45.4 Å². The maximum atomic E-state index is 13.5. The van der Waals surface area contributed by atoms with Crippen molar-refractivity contribution in [2.24, 2.45) is 33.0 Å². The second-order valence-corrected chi connectivity index (χ2v) is 14.3. The molecule has 0 amide bonds. The molecule has 0 aromatic rings. The van der Waals surface area contributed by atoms with E-state index in [0.29, 0.717) is 5.92 Å². The number of fused-ring (bicyclic) bond motifs is 7. The second-order valence-electron chi connectivity index (χ2n) is 14.3. The Morgan fingerprint density at radius 1 is 0.947 bits per heavy atom. The number of hydrogen-bond acceptors (Lipinski definition) is 6. The van der Waals surface area contributed by atoms with Gasteiger partial charge in [0.1, 0.15) is 5.60 Å². The lowest BCUT2D eigenvalue weighted by molar-refractivity contribution is -0.182. The first-order chi connectivity index (χ1) is 17.6. The fourth-order valence-corrected chi connectivity index (χ4v) is 9.75. The van der Waals surface area contributed by atoms with Crippen molar-refractivity contribution in [1.29, 1.82) is 0 Å². The highest BCUT2D eigenvalue weighted by Gasteiger charge is 2.69. The molecule has 0 aliphatic heterocycles. The third-order valence-corrected chi connectivity index (χ3v) is 12.9. The van der Waals surface area contributed by atoms with Crippen molar-refractivity contribution in [3.63, 3.8) is 0 Å². The van der Waals surface area contributed by atoms with Crippen LogP contribution >= 0.6 is 0 Å². The molecular weight excluding hydrogens is 478 g/mol. The van der Waals surface area contributed by atoms with Gasteiger partial charge in [-0.2, -0.15) is 0 Å².